The fourth-order valence-electron chi connectivity index (χ4n) is 5.03. The number of nitrogens with zero attached hydrogens (tertiary/aromatic N) is 6. The summed E-state index contributed by atoms with van der Waals surface area (Å²) in [5.74, 6) is -1.68. The van der Waals surface area contributed by atoms with Crippen LogP contribution in [0.1, 0.15) is 6.92 Å². The Morgan fingerprint density at radius 2 is 1.55 bits per heavy atom. The van der Waals surface area contributed by atoms with Gasteiger partial charge in [-0.25, -0.2) is 12.6 Å². The van der Waals surface area contributed by atoms with Crippen LogP contribution in [0, 0.1) is 0 Å². The van der Waals surface area contributed by atoms with Crippen LogP contribution in [0.25, 0.3) is 10.8 Å². The number of phenolic OH excluding ortho intramolecular Hbond substituents is 1. The van der Waals surface area contributed by atoms with Crippen LogP contribution in [0.4, 0.5) is 34.6 Å². The highest BCUT2D eigenvalue weighted by molar-refractivity contribution is 7.91. The molecule has 0 saturated heterocycles. The van der Waals surface area contributed by atoms with E-state index in [1.165, 1.54) is 54.5 Å². The van der Waals surface area contributed by atoms with Gasteiger partial charge in [-0.05, 0) is 78.5 Å². The number of sulfone groups is 1. The highest BCUT2D eigenvalue weighted by Gasteiger charge is 2.24. The zero-order valence-corrected chi connectivity index (χ0v) is 32.6. The summed E-state index contributed by atoms with van der Waals surface area (Å²) in [6.45, 7) is 1.05. The van der Waals surface area contributed by atoms with Crippen molar-refractivity contribution in [1.29, 1.82) is 0 Å². The third-order valence-corrected chi connectivity index (χ3v) is 11.6. The Kier molecular flexibility index (Phi) is 12.1. The number of aromatic nitrogens is 3. The van der Waals surface area contributed by atoms with Gasteiger partial charge in [0.15, 0.2) is 15.6 Å². The van der Waals surface area contributed by atoms with Crippen LogP contribution in [0.3, 0.4) is 0 Å². The summed E-state index contributed by atoms with van der Waals surface area (Å²) in [5.41, 5.74) is -0.715. The number of hydrogen-bond acceptors (Lipinski definition) is 18. The molecule has 0 aliphatic carbocycles. The standard InChI is InChI=1S/C30H28ClN7O14S4/c1-3-38(19-5-4-6-21(15-19)53(40,41)12-11-52-56(48,49)50)30-34-28(31)33-29(35-30)32-18-7-9-22-17(13-18)14-25(55(45,46)47)26(27(22)39)37-36-23-10-8-20(51-2)16-24(23)54(42,43)44/h4-10,13-16,39H,3,11-12H2,1-2H3,(H,42,43,44)(H,45,46,47)(H,48,49,50)(H,32,33,34,35). The minimum atomic E-state index is -5.10. The number of benzene rings is 4. The van der Waals surface area contributed by atoms with Gasteiger partial charge in [0.05, 0.1) is 24.4 Å². The lowest BCUT2D eigenvalue weighted by Crippen LogP contribution is -2.21. The Labute approximate surface area is 324 Å². The molecule has 0 atom stereocenters. The average Bonchev–Trinajstić information content (AvgIpc) is 3.10. The predicted octanol–water partition coefficient (Wildman–Crippen LogP) is 4.80. The van der Waals surface area contributed by atoms with Gasteiger partial charge in [0.1, 0.15) is 26.9 Å². The molecule has 1 aromatic heterocycles. The molecule has 0 aliphatic rings. The minimum absolute atomic E-state index is 0.00698. The van der Waals surface area contributed by atoms with Crippen molar-refractivity contribution in [2.75, 3.05) is 36.2 Å². The smallest absolute Gasteiger partial charge is 0.397 e. The van der Waals surface area contributed by atoms with Crippen LogP contribution in [0.15, 0.2) is 91.6 Å². The first kappa shape index (κ1) is 42.0. The summed E-state index contributed by atoms with van der Waals surface area (Å²) in [5, 5.41) is 21.1. The molecule has 26 heteroatoms. The molecule has 0 radical (unpaired) electrons. The van der Waals surface area contributed by atoms with Crippen molar-refractivity contribution >= 4 is 97.5 Å². The molecule has 0 bridgehead atoms. The SMILES string of the molecule is CCN(c1cccc(S(=O)(=O)CCOS(=O)(=O)O)c1)c1nc(Cl)nc(Nc2ccc3c(O)c(N=Nc4ccc(OC)cc4S(=O)(=O)O)c(S(=O)(=O)O)cc3c2)n1. The first-order chi connectivity index (χ1) is 26.1. The van der Waals surface area contributed by atoms with Gasteiger partial charge < -0.3 is 20.1 Å². The van der Waals surface area contributed by atoms with Gasteiger partial charge >= 0.3 is 10.4 Å². The minimum Gasteiger partial charge on any atom is -0.505 e. The maximum atomic E-state index is 12.8. The molecule has 1 heterocycles. The highest BCUT2D eigenvalue weighted by atomic mass is 35.5. The van der Waals surface area contributed by atoms with E-state index in [9.17, 15) is 47.9 Å². The van der Waals surface area contributed by atoms with Gasteiger partial charge in [-0.3, -0.25) is 13.7 Å². The van der Waals surface area contributed by atoms with Crippen molar-refractivity contribution in [2.24, 2.45) is 10.2 Å². The Morgan fingerprint density at radius 3 is 2.20 bits per heavy atom. The third-order valence-electron chi connectivity index (χ3n) is 7.51. The molecule has 21 nitrogen and oxygen atoms in total. The molecule has 298 valence electrons. The molecule has 4 aromatic carbocycles. The maximum absolute atomic E-state index is 12.8. The van der Waals surface area contributed by atoms with Crippen molar-refractivity contribution in [3.8, 4) is 11.5 Å². The van der Waals surface area contributed by atoms with Gasteiger partial charge in [0.2, 0.25) is 17.2 Å². The van der Waals surface area contributed by atoms with Crippen LogP contribution in [-0.2, 0) is 44.7 Å². The lowest BCUT2D eigenvalue weighted by atomic mass is 10.1. The van der Waals surface area contributed by atoms with E-state index in [1.807, 2.05) is 0 Å². The lowest BCUT2D eigenvalue weighted by molar-refractivity contribution is 0.284. The number of fused-ring (bicyclic) bond motifs is 1. The van der Waals surface area contributed by atoms with Crippen molar-refractivity contribution in [2.45, 2.75) is 21.6 Å². The summed E-state index contributed by atoms with van der Waals surface area (Å²) >= 11 is 6.22. The summed E-state index contributed by atoms with van der Waals surface area (Å²) in [7, 11) is -17.7. The molecule has 0 aliphatic heterocycles. The number of halogens is 1. The third kappa shape index (κ3) is 10.00. The maximum Gasteiger partial charge on any atom is 0.397 e. The normalized spacial score (nSPS) is 12.6. The second-order valence-corrected chi connectivity index (χ2v) is 17.5. The zero-order chi connectivity index (χ0) is 41.2. The van der Waals surface area contributed by atoms with E-state index in [2.05, 4.69) is 34.7 Å². The second-order valence-electron chi connectivity index (χ2n) is 11.2. The predicted molar refractivity (Wildman–Crippen MR) is 199 cm³/mol. The molecule has 0 spiro atoms. The number of phenols is 1. The van der Waals surface area contributed by atoms with Crippen LogP contribution in [0.2, 0.25) is 5.28 Å². The number of rotatable bonds is 15. The molecule has 5 aromatic rings. The van der Waals surface area contributed by atoms with E-state index in [0.717, 1.165) is 18.2 Å². The number of ether oxygens (including phenoxy) is 1. The number of methoxy groups -OCH3 is 1. The van der Waals surface area contributed by atoms with E-state index < -0.39 is 79.7 Å². The summed E-state index contributed by atoms with van der Waals surface area (Å²) in [6.07, 6.45) is 0. The van der Waals surface area contributed by atoms with Gasteiger partial charge in [0, 0.05) is 29.4 Å². The van der Waals surface area contributed by atoms with E-state index in [0.29, 0.717) is 0 Å². The van der Waals surface area contributed by atoms with Gasteiger partial charge in [-0.2, -0.15) is 40.2 Å². The van der Waals surface area contributed by atoms with Crippen LogP contribution in [-0.4, -0.2) is 93.4 Å². The van der Waals surface area contributed by atoms with Crippen molar-refractivity contribution in [3.05, 3.63) is 72.0 Å². The van der Waals surface area contributed by atoms with Crippen molar-refractivity contribution < 1.29 is 61.4 Å². The van der Waals surface area contributed by atoms with Crippen molar-refractivity contribution in [3.63, 3.8) is 0 Å². The highest BCUT2D eigenvalue weighted by Crippen LogP contribution is 2.43. The number of anilines is 4. The first-order valence-electron chi connectivity index (χ1n) is 15.3. The second kappa shape index (κ2) is 16.2. The van der Waals surface area contributed by atoms with Gasteiger partial charge in [-0.1, -0.05) is 6.07 Å². The topological polar surface area (TPSA) is 315 Å². The molecule has 0 fully saturated rings. The van der Waals surface area contributed by atoms with E-state index in [4.69, 9.17) is 20.9 Å². The van der Waals surface area contributed by atoms with Crippen LogP contribution >= 0.6 is 11.6 Å². The Morgan fingerprint density at radius 1 is 0.839 bits per heavy atom. The molecular formula is C30H28ClN7O14S4. The van der Waals surface area contributed by atoms with Crippen LogP contribution in [0.5, 0.6) is 11.5 Å². The number of azo groups is 1. The fraction of sp³-hybridized carbons (Fsp3) is 0.167. The molecule has 0 amide bonds. The number of hydrogen-bond donors (Lipinski definition) is 5. The monoisotopic (exact) mass is 873 g/mol. The first-order valence-corrected chi connectivity index (χ1v) is 21.6. The Hall–Kier alpha value is -5.12. The summed E-state index contributed by atoms with van der Waals surface area (Å²) in [6, 6.07) is 13.9. The number of aromatic hydroxyl groups is 1. The number of nitrogens with one attached hydrogen (secondary N) is 1. The van der Waals surface area contributed by atoms with Gasteiger partial charge in [0.25, 0.3) is 20.2 Å². The summed E-state index contributed by atoms with van der Waals surface area (Å²) in [4.78, 5) is 12.2. The Bertz CT molecular complexity index is 2830. The van der Waals surface area contributed by atoms with E-state index >= 15 is 0 Å². The van der Waals surface area contributed by atoms with E-state index in [-0.39, 0.29) is 56.5 Å². The van der Waals surface area contributed by atoms with Gasteiger partial charge in [-0.15, -0.1) is 10.2 Å². The van der Waals surface area contributed by atoms with Crippen LogP contribution < -0.4 is 15.0 Å². The van der Waals surface area contributed by atoms with Crippen molar-refractivity contribution in [1.82, 2.24) is 15.0 Å². The molecule has 56 heavy (non-hydrogen) atoms. The molecule has 0 saturated carbocycles. The summed E-state index contributed by atoms with van der Waals surface area (Å²) < 4.78 is 134. The molecular weight excluding hydrogens is 846 g/mol. The zero-order valence-electron chi connectivity index (χ0n) is 28.5. The largest absolute Gasteiger partial charge is 0.505 e. The average molecular weight is 874 g/mol. The Balaban J connectivity index is 1.48. The quantitative estimate of drug-likeness (QED) is 0.0697. The van der Waals surface area contributed by atoms with E-state index in [1.54, 1.807) is 13.0 Å². The fourth-order valence-corrected chi connectivity index (χ4v) is 8.01. The molecule has 0 unspecified atom stereocenters. The molecule has 5 rings (SSSR count). The lowest BCUT2D eigenvalue weighted by Gasteiger charge is -2.22. The molecule has 5 N–H and O–H groups in total.